The summed E-state index contributed by atoms with van der Waals surface area (Å²) in [6.07, 6.45) is 2.59. The molecule has 106 valence electrons. The van der Waals surface area contributed by atoms with Crippen molar-refractivity contribution in [3.63, 3.8) is 0 Å². The number of nitrogens with zero attached hydrogens (tertiary/aromatic N) is 2. The van der Waals surface area contributed by atoms with Crippen LogP contribution in [0.4, 0.5) is 0 Å². The maximum absolute atomic E-state index is 12.6. The first-order chi connectivity index (χ1) is 9.61. The Hall–Kier alpha value is -1.82. The molecule has 2 rings (SSSR count). The molecule has 0 N–H and O–H groups in total. The van der Waals surface area contributed by atoms with E-state index in [1.807, 2.05) is 35.2 Å². The summed E-state index contributed by atoms with van der Waals surface area (Å²) in [5, 5.41) is 9.33. The highest BCUT2D eigenvalue weighted by molar-refractivity contribution is 5.82. The van der Waals surface area contributed by atoms with Crippen molar-refractivity contribution in [1.82, 2.24) is 4.90 Å². The summed E-state index contributed by atoms with van der Waals surface area (Å²) in [5.41, 5.74) is 1.05. The minimum atomic E-state index is -0.562. The average Bonchev–Trinajstić information content (AvgIpc) is 2.45. The van der Waals surface area contributed by atoms with E-state index in [9.17, 15) is 10.1 Å². The summed E-state index contributed by atoms with van der Waals surface area (Å²) in [5.74, 6) is 0.104. The molecule has 1 aromatic carbocycles. The molecular formula is C17H22N2O. The van der Waals surface area contributed by atoms with E-state index >= 15 is 0 Å². The first-order valence-corrected chi connectivity index (χ1v) is 7.36. The fourth-order valence-electron chi connectivity index (χ4n) is 2.97. The molecule has 0 spiro atoms. The zero-order valence-electron chi connectivity index (χ0n) is 12.2. The predicted molar refractivity (Wildman–Crippen MR) is 78.8 cm³/mol. The molecule has 0 aliphatic carbocycles. The molecule has 1 heterocycles. The fraction of sp³-hybridized carbons (Fsp3) is 0.529. The van der Waals surface area contributed by atoms with Crippen LogP contribution in [0, 0.1) is 23.2 Å². The van der Waals surface area contributed by atoms with Gasteiger partial charge in [0.1, 0.15) is 5.92 Å². The quantitative estimate of drug-likeness (QED) is 0.847. The van der Waals surface area contributed by atoms with Gasteiger partial charge in [0.2, 0.25) is 5.91 Å². The van der Waals surface area contributed by atoms with Crippen LogP contribution < -0.4 is 0 Å². The second kappa shape index (κ2) is 6.56. The van der Waals surface area contributed by atoms with Crippen molar-refractivity contribution in [2.45, 2.75) is 39.2 Å². The molecule has 1 saturated heterocycles. The van der Waals surface area contributed by atoms with Gasteiger partial charge in [-0.15, -0.1) is 0 Å². The lowest BCUT2D eigenvalue weighted by atomic mass is 9.91. The Labute approximate surface area is 121 Å². The van der Waals surface area contributed by atoms with Crippen LogP contribution in [0.1, 0.15) is 32.3 Å². The fourth-order valence-corrected chi connectivity index (χ4v) is 2.97. The van der Waals surface area contributed by atoms with Crippen LogP contribution in [0.3, 0.4) is 0 Å². The molecular weight excluding hydrogens is 248 g/mol. The molecule has 0 radical (unpaired) electrons. The van der Waals surface area contributed by atoms with Gasteiger partial charge in [0, 0.05) is 12.6 Å². The summed E-state index contributed by atoms with van der Waals surface area (Å²) < 4.78 is 0. The zero-order chi connectivity index (χ0) is 14.5. The second-order valence-electron chi connectivity index (χ2n) is 5.88. The molecule has 3 nitrogen and oxygen atoms in total. The van der Waals surface area contributed by atoms with E-state index < -0.39 is 5.92 Å². The molecule has 0 bridgehead atoms. The van der Waals surface area contributed by atoms with Gasteiger partial charge in [-0.2, -0.15) is 5.26 Å². The van der Waals surface area contributed by atoms with Crippen LogP contribution in [0.15, 0.2) is 30.3 Å². The minimum Gasteiger partial charge on any atom is -0.339 e. The third-order valence-electron chi connectivity index (χ3n) is 4.16. The number of rotatable bonds is 3. The first-order valence-electron chi connectivity index (χ1n) is 7.36. The lowest BCUT2D eigenvalue weighted by Gasteiger charge is -2.37. The Morgan fingerprint density at radius 1 is 1.40 bits per heavy atom. The third-order valence-corrected chi connectivity index (χ3v) is 4.16. The van der Waals surface area contributed by atoms with Crippen molar-refractivity contribution < 1.29 is 4.79 Å². The average molecular weight is 270 g/mol. The molecule has 1 amide bonds. The Morgan fingerprint density at radius 3 is 2.70 bits per heavy atom. The van der Waals surface area contributed by atoms with E-state index in [2.05, 4.69) is 19.9 Å². The van der Waals surface area contributed by atoms with Gasteiger partial charge < -0.3 is 4.90 Å². The van der Waals surface area contributed by atoms with Gasteiger partial charge in [-0.3, -0.25) is 4.79 Å². The molecule has 1 aliphatic rings. The van der Waals surface area contributed by atoms with Crippen LogP contribution >= 0.6 is 0 Å². The number of amides is 1. The van der Waals surface area contributed by atoms with Crippen molar-refractivity contribution in [1.29, 1.82) is 5.26 Å². The van der Waals surface area contributed by atoms with E-state index in [0.717, 1.165) is 24.9 Å². The smallest absolute Gasteiger partial charge is 0.240 e. The number of likely N-dealkylation sites (tertiary alicyclic amines) is 1. The summed E-state index contributed by atoms with van der Waals surface area (Å²) in [7, 11) is 0. The number of carbonyl (C=O) groups excluding carboxylic acids is 1. The molecule has 0 aromatic heterocycles. The van der Waals surface area contributed by atoms with Crippen LogP contribution in [-0.2, 0) is 11.2 Å². The van der Waals surface area contributed by atoms with Gasteiger partial charge >= 0.3 is 0 Å². The van der Waals surface area contributed by atoms with Crippen molar-refractivity contribution in [3.05, 3.63) is 35.9 Å². The molecule has 3 unspecified atom stereocenters. The van der Waals surface area contributed by atoms with E-state index in [4.69, 9.17) is 0 Å². The highest BCUT2D eigenvalue weighted by Crippen LogP contribution is 2.24. The molecule has 20 heavy (non-hydrogen) atoms. The normalized spacial score (nSPS) is 23.9. The lowest BCUT2D eigenvalue weighted by molar-refractivity contribution is -0.137. The number of benzene rings is 1. The van der Waals surface area contributed by atoms with Gasteiger partial charge in [0.25, 0.3) is 0 Å². The SMILES string of the molecule is CC1CCN(C(=O)C(C#N)Cc2ccccc2)C(C)C1. The number of carbonyl (C=O) groups is 1. The van der Waals surface area contributed by atoms with Gasteiger partial charge in [0.15, 0.2) is 0 Å². The van der Waals surface area contributed by atoms with Crippen LogP contribution in [0.2, 0.25) is 0 Å². The van der Waals surface area contributed by atoms with Crippen molar-refractivity contribution in [2.24, 2.45) is 11.8 Å². The van der Waals surface area contributed by atoms with Gasteiger partial charge in [-0.05, 0) is 37.7 Å². The second-order valence-corrected chi connectivity index (χ2v) is 5.88. The van der Waals surface area contributed by atoms with Crippen LogP contribution in [0.5, 0.6) is 0 Å². The Balaban J connectivity index is 2.04. The van der Waals surface area contributed by atoms with E-state index in [1.165, 1.54) is 0 Å². The van der Waals surface area contributed by atoms with E-state index in [0.29, 0.717) is 12.3 Å². The summed E-state index contributed by atoms with van der Waals surface area (Å²) in [6, 6.07) is 12.2. The van der Waals surface area contributed by atoms with Gasteiger partial charge in [-0.1, -0.05) is 37.3 Å². The van der Waals surface area contributed by atoms with Crippen molar-refractivity contribution in [3.8, 4) is 6.07 Å². The van der Waals surface area contributed by atoms with Crippen LogP contribution in [0.25, 0.3) is 0 Å². The highest BCUT2D eigenvalue weighted by atomic mass is 16.2. The van der Waals surface area contributed by atoms with Crippen LogP contribution in [-0.4, -0.2) is 23.4 Å². The molecule has 0 saturated carbocycles. The number of nitriles is 1. The summed E-state index contributed by atoms with van der Waals surface area (Å²) in [4.78, 5) is 14.5. The largest absolute Gasteiger partial charge is 0.339 e. The molecule has 1 aliphatic heterocycles. The monoisotopic (exact) mass is 270 g/mol. The van der Waals surface area contributed by atoms with E-state index in [-0.39, 0.29) is 11.9 Å². The third kappa shape index (κ3) is 3.39. The maximum atomic E-state index is 12.6. The molecule has 1 aromatic rings. The number of piperidine rings is 1. The Morgan fingerprint density at radius 2 is 2.10 bits per heavy atom. The summed E-state index contributed by atoms with van der Waals surface area (Å²) in [6.45, 7) is 5.10. The Kier molecular flexibility index (Phi) is 4.79. The number of hydrogen-bond acceptors (Lipinski definition) is 2. The molecule has 1 fully saturated rings. The minimum absolute atomic E-state index is 0.00393. The lowest BCUT2D eigenvalue weighted by Crippen LogP contribution is -2.47. The maximum Gasteiger partial charge on any atom is 0.240 e. The van der Waals surface area contributed by atoms with Gasteiger partial charge in [-0.25, -0.2) is 0 Å². The zero-order valence-corrected chi connectivity index (χ0v) is 12.2. The standard InChI is InChI=1S/C17H22N2O/c1-13-8-9-19(14(2)10-13)17(20)16(12-18)11-15-6-4-3-5-7-15/h3-7,13-14,16H,8-11H2,1-2H3. The predicted octanol–water partition coefficient (Wildman–Crippen LogP) is 3.02. The highest BCUT2D eigenvalue weighted by Gasteiger charge is 2.31. The van der Waals surface area contributed by atoms with Crippen molar-refractivity contribution >= 4 is 5.91 Å². The number of hydrogen-bond donors (Lipinski definition) is 0. The topological polar surface area (TPSA) is 44.1 Å². The molecule has 3 heteroatoms. The summed E-state index contributed by atoms with van der Waals surface area (Å²) >= 11 is 0. The van der Waals surface area contributed by atoms with E-state index in [1.54, 1.807) is 0 Å². The van der Waals surface area contributed by atoms with Crippen molar-refractivity contribution in [2.75, 3.05) is 6.54 Å². The first kappa shape index (κ1) is 14.6. The Bertz CT molecular complexity index is 491. The van der Waals surface area contributed by atoms with Gasteiger partial charge in [0.05, 0.1) is 6.07 Å². The molecule has 3 atom stereocenters.